The van der Waals surface area contributed by atoms with E-state index in [1.807, 2.05) is 30.5 Å². The van der Waals surface area contributed by atoms with E-state index in [0.29, 0.717) is 5.88 Å². The Hall–Kier alpha value is -1.83. The van der Waals surface area contributed by atoms with Gasteiger partial charge in [0.1, 0.15) is 0 Å². The van der Waals surface area contributed by atoms with Crippen LogP contribution in [0.3, 0.4) is 0 Å². The molecule has 2 rings (SSSR count). The van der Waals surface area contributed by atoms with Gasteiger partial charge in [-0.05, 0) is 11.1 Å². The second kappa shape index (κ2) is 4.60. The molecule has 0 saturated heterocycles. The zero-order valence-electron chi connectivity index (χ0n) is 8.68. The molecule has 76 valence electrons. The minimum absolute atomic E-state index is 0.654. The van der Waals surface area contributed by atoms with E-state index in [0.717, 1.165) is 6.42 Å². The largest absolute Gasteiger partial charge is 0.481 e. The second-order valence-corrected chi connectivity index (χ2v) is 3.28. The van der Waals surface area contributed by atoms with Gasteiger partial charge in [-0.2, -0.15) is 0 Å². The van der Waals surface area contributed by atoms with Crippen LogP contribution in [0.1, 0.15) is 12.0 Å². The summed E-state index contributed by atoms with van der Waals surface area (Å²) < 4.78 is 5.07. The van der Waals surface area contributed by atoms with Crippen LogP contribution >= 0.6 is 0 Å². The Kier molecular flexibility index (Phi) is 2.98. The first-order valence-electron chi connectivity index (χ1n) is 4.93. The number of hydrogen-bond acceptors (Lipinski definition) is 2. The molecule has 15 heavy (non-hydrogen) atoms. The van der Waals surface area contributed by atoms with Gasteiger partial charge in [0.05, 0.1) is 7.11 Å². The van der Waals surface area contributed by atoms with Crippen molar-refractivity contribution in [3.8, 4) is 0 Å². The van der Waals surface area contributed by atoms with Crippen molar-refractivity contribution in [2.24, 2.45) is 4.99 Å². The number of ether oxygens (including phenoxy) is 1. The Morgan fingerprint density at radius 3 is 2.67 bits per heavy atom. The van der Waals surface area contributed by atoms with Gasteiger partial charge in [-0.1, -0.05) is 36.4 Å². The summed E-state index contributed by atoms with van der Waals surface area (Å²) in [5.41, 5.74) is 2.49. The Balaban J connectivity index is 2.29. The van der Waals surface area contributed by atoms with Gasteiger partial charge in [-0.25, -0.2) is 4.99 Å². The van der Waals surface area contributed by atoms with Crippen LogP contribution in [0.5, 0.6) is 0 Å². The number of rotatable bonds is 2. The van der Waals surface area contributed by atoms with Gasteiger partial charge in [0, 0.05) is 18.7 Å². The number of allylic oxidation sites excluding steroid dienone is 3. The van der Waals surface area contributed by atoms with E-state index in [9.17, 15) is 0 Å². The highest BCUT2D eigenvalue weighted by Crippen LogP contribution is 2.19. The highest BCUT2D eigenvalue weighted by atomic mass is 16.5. The highest BCUT2D eigenvalue weighted by molar-refractivity contribution is 5.81. The van der Waals surface area contributed by atoms with Gasteiger partial charge >= 0.3 is 0 Å². The minimum atomic E-state index is 0.654. The molecule has 1 heterocycles. The molecular weight excluding hydrogens is 186 g/mol. The summed E-state index contributed by atoms with van der Waals surface area (Å²) in [6.07, 6.45) is 6.67. The molecule has 1 aromatic rings. The highest BCUT2D eigenvalue weighted by Gasteiger charge is 2.02. The van der Waals surface area contributed by atoms with Crippen molar-refractivity contribution in [3.63, 3.8) is 0 Å². The van der Waals surface area contributed by atoms with Crippen molar-refractivity contribution in [3.05, 3.63) is 53.9 Å². The maximum Gasteiger partial charge on any atom is 0.212 e. The van der Waals surface area contributed by atoms with Crippen molar-refractivity contribution in [2.45, 2.75) is 6.42 Å². The van der Waals surface area contributed by atoms with Crippen LogP contribution < -0.4 is 0 Å². The number of hydrogen-bond donors (Lipinski definition) is 0. The molecule has 0 unspecified atom stereocenters. The van der Waals surface area contributed by atoms with Crippen LogP contribution in [-0.4, -0.2) is 13.3 Å². The first-order chi connectivity index (χ1) is 7.40. The van der Waals surface area contributed by atoms with Crippen LogP contribution in [-0.2, 0) is 4.74 Å². The van der Waals surface area contributed by atoms with E-state index in [4.69, 9.17) is 4.74 Å². The lowest BCUT2D eigenvalue weighted by molar-refractivity contribution is 0.289. The normalized spacial score (nSPS) is 15.3. The molecule has 2 nitrogen and oxygen atoms in total. The number of aliphatic imine (C=N–C) groups is 1. The number of nitrogens with zero attached hydrogens (tertiary/aromatic N) is 1. The molecule has 0 saturated carbocycles. The van der Waals surface area contributed by atoms with Crippen LogP contribution in [0.15, 0.2) is 53.4 Å². The molecule has 1 aliphatic rings. The van der Waals surface area contributed by atoms with E-state index in [1.54, 1.807) is 7.11 Å². The fraction of sp³-hybridized carbons (Fsp3) is 0.154. The van der Waals surface area contributed by atoms with Gasteiger partial charge < -0.3 is 4.74 Å². The van der Waals surface area contributed by atoms with Crippen LogP contribution in [0, 0.1) is 0 Å². The first kappa shape index (κ1) is 9.71. The lowest BCUT2D eigenvalue weighted by atomic mass is 10.0. The topological polar surface area (TPSA) is 21.6 Å². The van der Waals surface area contributed by atoms with E-state index >= 15 is 0 Å². The molecule has 0 radical (unpaired) electrons. The average molecular weight is 199 g/mol. The Bertz CT molecular complexity index is 415. The van der Waals surface area contributed by atoms with Crippen molar-refractivity contribution in [1.29, 1.82) is 0 Å². The fourth-order valence-electron chi connectivity index (χ4n) is 1.50. The van der Waals surface area contributed by atoms with Gasteiger partial charge in [0.15, 0.2) is 0 Å². The maximum absolute atomic E-state index is 5.07. The lowest BCUT2D eigenvalue weighted by Crippen LogP contribution is -1.84. The molecule has 1 aromatic carbocycles. The SMILES string of the molecule is COC1=CC=C(c2ccccc2)CC=N1. The molecule has 1 aliphatic heterocycles. The van der Waals surface area contributed by atoms with Gasteiger partial charge in [0.25, 0.3) is 0 Å². The monoisotopic (exact) mass is 199 g/mol. The zero-order valence-corrected chi connectivity index (χ0v) is 8.68. The molecule has 0 aromatic heterocycles. The standard InChI is InChI=1S/C13H13NO/c1-15-13-8-7-12(9-10-14-13)11-5-3-2-4-6-11/h2-8,10H,9H2,1H3. The van der Waals surface area contributed by atoms with Gasteiger partial charge in [-0.3, -0.25) is 0 Å². The summed E-state index contributed by atoms with van der Waals surface area (Å²) in [6.45, 7) is 0. The van der Waals surface area contributed by atoms with E-state index < -0.39 is 0 Å². The van der Waals surface area contributed by atoms with Crippen LogP contribution in [0.25, 0.3) is 5.57 Å². The van der Waals surface area contributed by atoms with Crippen LogP contribution in [0.4, 0.5) is 0 Å². The van der Waals surface area contributed by atoms with Crippen molar-refractivity contribution >= 4 is 11.8 Å². The van der Waals surface area contributed by atoms with E-state index in [1.165, 1.54) is 11.1 Å². The molecule has 0 amide bonds. The third-order valence-corrected chi connectivity index (χ3v) is 2.31. The van der Waals surface area contributed by atoms with Crippen molar-refractivity contribution in [1.82, 2.24) is 0 Å². The molecule has 2 heteroatoms. The number of benzene rings is 1. The molecule has 0 bridgehead atoms. The molecule has 0 atom stereocenters. The minimum Gasteiger partial charge on any atom is -0.481 e. The van der Waals surface area contributed by atoms with Crippen molar-refractivity contribution in [2.75, 3.05) is 7.11 Å². The molecule has 0 spiro atoms. The van der Waals surface area contributed by atoms with E-state index in [-0.39, 0.29) is 0 Å². The Morgan fingerprint density at radius 1 is 1.13 bits per heavy atom. The summed E-state index contributed by atoms with van der Waals surface area (Å²) in [5, 5.41) is 0. The lowest BCUT2D eigenvalue weighted by Gasteiger charge is -2.01. The Labute approximate surface area is 89.6 Å². The fourth-order valence-corrected chi connectivity index (χ4v) is 1.50. The zero-order chi connectivity index (χ0) is 10.5. The average Bonchev–Trinajstić information content (AvgIpc) is 2.55. The number of methoxy groups -OCH3 is 1. The molecule has 0 fully saturated rings. The summed E-state index contributed by atoms with van der Waals surface area (Å²) in [4.78, 5) is 4.18. The molecule has 0 aliphatic carbocycles. The van der Waals surface area contributed by atoms with Crippen molar-refractivity contribution < 1.29 is 4.74 Å². The molecule has 0 N–H and O–H groups in total. The maximum atomic E-state index is 5.07. The summed E-state index contributed by atoms with van der Waals surface area (Å²) in [6, 6.07) is 10.3. The summed E-state index contributed by atoms with van der Waals surface area (Å²) >= 11 is 0. The van der Waals surface area contributed by atoms with Crippen LogP contribution in [0.2, 0.25) is 0 Å². The second-order valence-electron chi connectivity index (χ2n) is 3.28. The third kappa shape index (κ3) is 2.34. The van der Waals surface area contributed by atoms with E-state index in [2.05, 4.69) is 23.2 Å². The predicted molar refractivity (Wildman–Crippen MR) is 62.6 cm³/mol. The van der Waals surface area contributed by atoms with Gasteiger partial charge in [0.2, 0.25) is 5.88 Å². The van der Waals surface area contributed by atoms with Gasteiger partial charge in [-0.15, -0.1) is 0 Å². The predicted octanol–water partition coefficient (Wildman–Crippen LogP) is 3.03. The summed E-state index contributed by atoms with van der Waals surface area (Å²) in [7, 11) is 1.63. The first-order valence-corrected chi connectivity index (χ1v) is 4.93. The quantitative estimate of drug-likeness (QED) is 0.717. The Morgan fingerprint density at radius 2 is 1.93 bits per heavy atom. The molecular formula is C13H13NO. The third-order valence-electron chi connectivity index (χ3n) is 2.31. The smallest absolute Gasteiger partial charge is 0.212 e. The summed E-state index contributed by atoms with van der Waals surface area (Å²) in [5.74, 6) is 0.654.